The van der Waals surface area contributed by atoms with Crippen LogP contribution in [0.3, 0.4) is 0 Å². The van der Waals surface area contributed by atoms with Crippen LogP contribution < -0.4 is 9.80 Å². The second-order valence-corrected chi connectivity index (χ2v) is 15.7. The number of fused-ring (bicyclic) bond motifs is 7. The number of para-hydroxylation sites is 2. The van der Waals surface area contributed by atoms with Crippen LogP contribution in [-0.2, 0) is 5.41 Å². The first-order valence-corrected chi connectivity index (χ1v) is 19.5. The Balaban J connectivity index is 1.18. The summed E-state index contributed by atoms with van der Waals surface area (Å²) in [4.78, 5) is 10.6. The lowest BCUT2D eigenvalue weighted by molar-refractivity contribution is 0.393. The van der Waals surface area contributed by atoms with E-state index < -0.39 is 0 Å². The zero-order chi connectivity index (χ0) is 36.6. The van der Waals surface area contributed by atoms with Gasteiger partial charge in [0.1, 0.15) is 5.71 Å². The molecule has 0 saturated carbocycles. The summed E-state index contributed by atoms with van der Waals surface area (Å²) in [6, 6.07) is 36.8. The van der Waals surface area contributed by atoms with E-state index >= 15 is 0 Å². The van der Waals surface area contributed by atoms with E-state index in [1.807, 2.05) is 24.3 Å². The average Bonchev–Trinajstić information content (AvgIpc) is 3.83. The van der Waals surface area contributed by atoms with Crippen molar-refractivity contribution >= 4 is 33.8 Å². The van der Waals surface area contributed by atoms with Gasteiger partial charge < -0.3 is 14.2 Å². The summed E-state index contributed by atoms with van der Waals surface area (Å²) in [6.07, 6.45) is 19.9. The first-order chi connectivity index (χ1) is 26.4. The Kier molecular flexibility index (Phi) is 7.66. The molecule has 10 rings (SSSR count). The minimum absolute atomic E-state index is 0.0975. The topological polar surface area (TPSA) is 32.0 Å². The maximum absolute atomic E-state index is 7.23. The van der Waals surface area contributed by atoms with Crippen LogP contribution in [0.4, 0.5) is 11.4 Å². The third-order valence-corrected chi connectivity index (χ3v) is 12.6. The van der Waals surface area contributed by atoms with Gasteiger partial charge in [-0.2, -0.15) is 0 Å². The molecule has 0 radical (unpaired) electrons. The molecule has 0 bridgehead atoms. The molecule has 0 amide bonds. The summed E-state index contributed by atoms with van der Waals surface area (Å²) in [5.74, 6) is 1.52. The number of furan rings is 1. The van der Waals surface area contributed by atoms with Crippen molar-refractivity contribution < 1.29 is 4.42 Å². The van der Waals surface area contributed by atoms with Crippen molar-refractivity contribution in [3.05, 3.63) is 197 Å². The van der Waals surface area contributed by atoms with E-state index in [-0.39, 0.29) is 23.4 Å². The first-order valence-electron chi connectivity index (χ1n) is 19.5. The largest absolute Gasteiger partial charge is 0.452 e. The quantitative estimate of drug-likeness (QED) is 0.130. The number of hydrogen-bond acceptors (Lipinski definition) is 4. The van der Waals surface area contributed by atoms with E-state index in [9.17, 15) is 0 Å². The van der Waals surface area contributed by atoms with Crippen LogP contribution in [0.2, 0.25) is 0 Å². The number of rotatable bonds is 6. The second-order valence-electron chi connectivity index (χ2n) is 15.7. The summed E-state index contributed by atoms with van der Waals surface area (Å²) in [5, 5.41) is 1.11. The number of aryl methyl sites for hydroxylation is 1. The molecule has 2 aliphatic heterocycles. The molecule has 4 nitrogen and oxygen atoms in total. The van der Waals surface area contributed by atoms with Crippen molar-refractivity contribution in [2.45, 2.75) is 57.5 Å². The third kappa shape index (κ3) is 4.85. The fraction of sp³-hybridized carbons (Fsp3) is 0.220. The van der Waals surface area contributed by atoms with Crippen LogP contribution in [0.5, 0.6) is 0 Å². The fourth-order valence-electron chi connectivity index (χ4n) is 9.97. The molecule has 0 fully saturated rings. The highest BCUT2D eigenvalue weighted by molar-refractivity contribution is 6.16. The predicted octanol–water partition coefficient (Wildman–Crippen LogP) is 11.9. The molecule has 5 atom stereocenters. The molecular weight excluding hydrogens is 659 g/mol. The number of nitrogens with zero attached hydrogens (tertiary/aromatic N) is 3. The maximum Gasteiger partial charge on any atom is 0.158 e. The summed E-state index contributed by atoms with van der Waals surface area (Å²) >= 11 is 0. The monoisotopic (exact) mass is 703 g/mol. The Labute approximate surface area is 318 Å². The predicted molar refractivity (Wildman–Crippen MR) is 224 cm³/mol. The number of aliphatic imine (C=N–C) groups is 1. The normalized spacial score (nSPS) is 25.5. The summed E-state index contributed by atoms with van der Waals surface area (Å²) in [5.41, 5.74) is 13.3. The average molecular weight is 704 g/mol. The van der Waals surface area contributed by atoms with Crippen molar-refractivity contribution in [3.8, 4) is 0 Å². The smallest absolute Gasteiger partial charge is 0.158 e. The molecule has 4 heteroatoms. The molecule has 5 aromatic rings. The highest BCUT2D eigenvalue weighted by atomic mass is 16.3. The van der Waals surface area contributed by atoms with Crippen LogP contribution in [0, 0.1) is 18.8 Å². The fourth-order valence-corrected chi connectivity index (χ4v) is 9.97. The molecular formula is C50H45N3O. The molecule has 5 aliphatic rings. The van der Waals surface area contributed by atoms with E-state index in [2.05, 4.69) is 159 Å². The molecule has 54 heavy (non-hydrogen) atoms. The van der Waals surface area contributed by atoms with E-state index in [1.165, 1.54) is 28.2 Å². The molecule has 0 saturated heterocycles. The third-order valence-electron chi connectivity index (χ3n) is 12.6. The van der Waals surface area contributed by atoms with Gasteiger partial charge >= 0.3 is 0 Å². The Morgan fingerprint density at radius 2 is 1.59 bits per heavy atom. The van der Waals surface area contributed by atoms with Gasteiger partial charge in [0.25, 0.3) is 0 Å². The lowest BCUT2D eigenvalue weighted by Crippen LogP contribution is -2.50. The van der Waals surface area contributed by atoms with Crippen LogP contribution in [-0.4, -0.2) is 17.8 Å². The van der Waals surface area contributed by atoms with Gasteiger partial charge in [0.15, 0.2) is 11.3 Å². The van der Waals surface area contributed by atoms with Crippen LogP contribution in [0.25, 0.3) is 16.7 Å². The van der Waals surface area contributed by atoms with E-state index in [0.29, 0.717) is 11.6 Å². The zero-order valence-electron chi connectivity index (χ0n) is 31.2. The zero-order valence-corrected chi connectivity index (χ0v) is 31.2. The first kappa shape index (κ1) is 32.8. The van der Waals surface area contributed by atoms with E-state index in [0.717, 1.165) is 64.1 Å². The van der Waals surface area contributed by atoms with Gasteiger partial charge in [-0.05, 0) is 73.9 Å². The van der Waals surface area contributed by atoms with Gasteiger partial charge in [0, 0.05) is 51.0 Å². The van der Waals surface area contributed by atoms with Crippen molar-refractivity contribution in [1.82, 2.24) is 0 Å². The van der Waals surface area contributed by atoms with Gasteiger partial charge in [-0.25, -0.2) is 4.99 Å². The second kappa shape index (κ2) is 12.6. The van der Waals surface area contributed by atoms with Crippen LogP contribution in [0.15, 0.2) is 179 Å². The van der Waals surface area contributed by atoms with Crippen LogP contribution >= 0.6 is 0 Å². The van der Waals surface area contributed by atoms with Crippen molar-refractivity contribution in [3.63, 3.8) is 0 Å². The standard InChI is InChI=1S/C50H45N3O/c1-32-18-16-26-39-40-30-31-50(4)41-27-14-15-28-42(41)52(37-23-12-7-13-24-37)49(50)46(40)53(45(32)39)43-29-17-25-38-33(2)47(54-48(38)43)44(36-21-10-6-11-22-36)51-34(3)35-19-8-5-9-20-35/h5-12,14-17,19-23,25-32,39,45,49H,3,13,18,24H2,1-2,4H3. The van der Waals surface area contributed by atoms with E-state index in [4.69, 9.17) is 9.41 Å². The Morgan fingerprint density at radius 1 is 0.852 bits per heavy atom. The summed E-state index contributed by atoms with van der Waals surface area (Å²) in [6.45, 7) is 11.5. The van der Waals surface area contributed by atoms with Crippen molar-refractivity contribution in [2.75, 3.05) is 9.80 Å². The Bertz CT molecular complexity index is 2510. The lowest BCUT2D eigenvalue weighted by atomic mass is 9.71. The number of anilines is 2. The van der Waals surface area contributed by atoms with Gasteiger partial charge in [0.05, 0.1) is 17.4 Å². The minimum atomic E-state index is -0.209. The molecule has 4 aromatic carbocycles. The highest BCUT2D eigenvalue weighted by Gasteiger charge is 2.57. The molecule has 1 aromatic heterocycles. The van der Waals surface area contributed by atoms with Crippen LogP contribution in [0.1, 0.15) is 61.1 Å². The molecule has 3 aliphatic carbocycles. The Hall–Kier alpha value is -5.87. The molecule has 0 N–H and O–H groups in total. The number of allylic oxidation sites excluding steroid dienone is 6. The van der Waals surface area contributed by atoms with Gasteiger partial charge in [-0.3, -0.25) is 0 Å². The number of benzene rings is 4. The molecule has 3 heterocycles. The summed E-state index contributed by atoms with van der Waals surface area (Å²) < 4.78 is 7.23. The minimum Gasteiger partial charge on any atom is -0.452 e. The van der Waals surface area contributed by atoms with Gasteiger partial charge in [-0.15, -0.1) is 0 Å². The summed E-state index contributed by atoms with van der Waals surface area (Å²) in [7, 11) is 0. The van der Waals surface area contributed by atoms with Crippen molar-refractivity contribution in [1.29, 1.82) is 0 Å². The lowest BCUT2D eigenvalue weighted by Gasteiger charge is -2.44. The molecule has 5 unspecified atom stereocenters. The Morgan fingerprint density at radius 3 is 2.37 bits per heavy atom. The number of hydrogen-bond donors (Lipinski definition) is 0. The maximum atomic E-state index is 7.23. The van der Waals surface area contributed by atoms with E-state index in [1.54, 1.807) is 0 Å². The van der Waals surface area contributed by atoms with Crippen molar-refractivity contribution in [2.24, 2.45) is 16.8 Å². The SMILES string of the molecule is C=C(N=C(c1ccccc1)c1oc2c(N3C4=C(C=CC5(C)c6ccccc6N(C6=CC=CCC6)C45)C4C=CCC(C)C43)cccc2c1C)c1ccccc1. The molecule has 266 valence electrons. The molecule has 0 spiro atoms. The van der Waals surface area contributed by atoms with Gasteiger partial charge in [0.2, 0.25) is 0 Å². The highest BCUT2D eigenvalue weighted by Crippen LogP contribution is 2.59. The van der Waals surface area contributed by atoms with Gasteiger partial charge in [-0.1, -0.05) is 141 Å².